The van der Waals surface area contributed by atoms with E-state index < -0.39 is 18.0 Å². The molecule has 1 N–H and O–H groups in total. The van der Waals surface area contributed by atoms with Crippen LogP contribution >= 0.6 is 11.6 Å². The van der Waals surface area contributed by atoms with Crippen molar-refractivity contribution < 1.29 is 22.7 Å². The van der Waals surface area contributed by atoms with E-state index in [1.165, 1.54) is 6.20 Å². The standard InChI is InChI=1S/C26H23ClF3N7O2/c1-25(15-2-4-16(27)5-3-15)19-21(35-24(25)38)33-20(34-23(19)36-10-12-39-13-11-36)18-14-37-9-8-31-22(37)17(32-18)6-7-26(28,29)30/h2-5,8-9,14H,6-7,10-13H2,1H3,(H,33,34,35,38). The van der Waals surface area contributed by atoms with E-state index in [-0.39, 0.29) is 29.5 Å². The average Bonchev–Trinajstić information content (AvgIpc) is 3.50. The third-order valence-corrected chi connectivity index (χ3v) is 7.38. The number of carbonyl (C=O) groups is 1. The van der Waals surface area contributed by atoms with Crippen LogP contribution in [-0.2, 0) is 21.4 Å². The molecule has 2 aliphatic rings. The van der Waals surface area contributed by atoms with E-state index in [2.05, 4.69) is 20.3 Å². The normalized spacial score (nSPS) is 19.4. The number of anilines is 2. The maximum absolute atomic E-state index is 13.5. The molecule has 0 aliphatic carbocycles. The number of amides is 1. The van der Waals surface area contributed by atoms with Crippen LogP contribution in [0, 0.1) is 0 Å². The molecule has 5 heterocycles. The van der Waals surface area contributed by atoms with Gasteiger partial charge in [0.15, 0.2) is 11.5 Å². The van der Waals surface area contributed by atoms with E-state index in [1.807, 2.05) is 11.8 Å². The van der Waals surface area contributed by atoms with E-state index in [1.54, 1.807) is 41.1 Å². The Kier molecular flexibility index (Phi) is 6.18. The Morgan fingerprint density at radius 2 is 1.87 bits per heavy atom. The third kappa shape index (κ3) is 4.57. The molecule has 0 spiro atoms. The highest BCUT2D eigenvalue weighted by atomic mass is 35.5. The van der Waals surface area contributed by atoms with Crippen LogP contribution in [0.3, 0.4) is 0 Å². The maximum atomic E-state index is 13.5. The van der Waals surface area contributed by atoms with Crippen molar-refractivity contribution in [1.82, 2.24) is 24.3 Å². The number of hydrogen-bond donors (Lipinski definition) is 1. The summed E-state index contributed by atoms with van der Waals surface area (Å²) in [7, 11) is 0. The zero-order valence-corrected chi connectivity index (χ0v) is 21.6. The zero-order chi connectivity index (χ0) is 27.4. The van der Waals surface area contributed by atoms with Gasteiger partial charge in [0.05, 0.1) is 24.5 Å². The lowest BCUT2D eigenvalue weighted by Crippen LogP contribution is -2.40. The first-order valence-electron chi connectivity index (χ1n) is 12.4. The SMILES string of the molecule is CC1(c2ccc(Cl)cc2)C(=O)Nc2nc(-c3cn4ccnc4c(CCC(F)(F)F)n3)nc(N3CCOCC3)c21. The van der Waals surface area contributed by atoms with Crippen LogP contribution in [0.25, 0.3) is 17.2 Å². The van der Waals surface area contributed by atoms with Crippen molar-refractivity contribution in [3.63, 3.8) is 0 Å². The van der Waals surface area contributed by atoms with Crippen LogP contribution in [-0.4, -0.2) is 62.7 Å². The molecule has 1 aromatic carbocycles. The number of nitrogens with zero attached hydrogens (tertiary/aromatic N) is 6. The Balaban J connectivity index is 1.52. The second kappa shape index (κ2) is 9.45. The molecule has 3 aromatic heterocycles. The summed E-state index contributed by atoms with van der Waals surface area (Å²) in [5.41, 5.74) is 1.02. The molecular weight excluding hydrogens is 535 g/mol. The molecule has 0 radical (unpaired) electrons. The molecular formula is C26H23ClF3N7O2. The molecule has 1 amide bonds. The van der Waals surface area contributed by atoms with Crippen molar-refractivity contribution in [2.75, 3.05) is 36.5 Å². The van der Waals surface area contributed by atoms with Gasteiger partial charge < -0.3 is 19.4 Å². The fourth-order valence-corrected chi connectivity index (χ4v) is 5.18. The number of aromatic nitrogens is 5. The first-order chi connectivity index (χ1) is 18.6. The molecule has 9 nitrogen and oxygen atoms in total. The van der Waals surface area contributed by atoms with Crippen molar-refractivity contribution in [2.24, 2.45) is 0 Å². The first-order valence-corrected chi connectivity index (χ1v) is 12.7. The number of halogens is 4. The highest BCUT2D eigenvalue weighted by Crippen LogP contribution is 2.47. The zero-order valence-electron chi connectivity index (χ0n) is 20.8. The maximum Gasteiger partial charge on any atom is 0.389 e. The Morgan fingerprint density at radius 3 is 2.59 bits per heavy atom. The predicted octanol–water partition coefficient (Wildman–Crippen LogP) is 4.43. The Hall–Kier alpha value is -3.77. The molecule has 6 rings (SSSR count). The molecule has 1 fully saturated rings. The van der Waals surface area contributed by atoms with E-state index in [0.29, 0.717) is 54.2 Å². The van der Waals surface area contributed by atoms with Gasteiger partial charge in [-0.1, -0.05) is 23.7 Å². The van der Waals surface area contributed by atoms with Gasteiger partial charge in [-0.25, -0.2) is 19.9 Å². The molecule has 0 bridgehead atoms. The van der Waals surface area contributed by atoms with Crippen molar-refractivity contribution in [2.45, 2.75) is 31.4 Å². The van der Waals surface area contributed by atoms with E-state index in [0.717, 1.165) is 5.56 Å². The summed E-state index contributed by atoms with van der Waals surface area (Å²) < 4.78 is 46.2. The average molecular weight is 558 g/mol. The smallest absolute Gasteiger partial charge is 0.378 e. The van der Waals surface area contributed by atoms with Gasteiger partial charge in [-0.15, -0.1) is 0 Å². The van der Waals surface area contributed by atoms with Crippen LogP contribution in [0.4, 0.5) is 24.8 Å². The molecule has 39 heavy (non-hydrogen) atoms. The predicted molar refractivity (Wildman–Crippen MR) is 138 cm³/mol. The second-order valence-electron chi connectivity index (χ2n) is 9.63. The number of hydrogen-bond acceptors (Lipinski definition) is 7. The van der Waals surface area contributed by atoms with Gasteiger partial charge in [0.2, 0.25) is 5.91 Å². The van der Waals surface area contributed by atoms with Gasteiger partial charge in [0.1, 0.15) is 22.7 Å². The van der Waals surface area contributed by atoms with Crippen LogP contribution in [0.5, 0.6) is 0 Å². The van der Waals surface area contributed by atoms with Crippen LogP contribution < -0.4 is 10.2 Å². The minimum absolute atomic E-state index is 0.180. The van der Waals surface area contributed by atoms with Crippen LogP contribution in [0.2, 0.25) is 5.02 Å². The van der Waals surface area contributed by atoms with Gasteiger partial charge in [-0.3, -0.25) is 4.79 Å². The molecule has 1 atom stereocenters. The van der Waals surface area contributed by atoms with Crippen molar-refractivity contribution in [1.29, 1.82) is 0 Å². The number of ether oxygens (including phenoxy) is 1. The highest BCUT2D eigenvalue weighted by Gasteiger charge is 2.48. The summed E-state index contributed by atoms with van der Waals surface area (Å²) in [5, 5.41) is 3.45. The number of aryl methyl sites for hydroxylation is 1. The fraction of sp³-hybridized carbons (Fsp3) is 0.346. The van der Waals surface area contributed by atoms with Crippen molar-refractivity contribution in [3.8, 4) is 11.5 Å². The topological polar surface area (TPSA) is 97.5 Å². The number of morpholine rings is 1. The monoisotopic (exact) mass is 557 g/mol. The highest BCUT2D eigenvalue weighted by molar-refractivity contribution is 6.30. The molecule has 13 heteroatoms. The van der Waals surface area contributed by atoms with E-state index in [9.17, 15) is 18.0 Å². The number of benzene rings is 1. The van der Waals surface area contributed by atoms with Crippen LogP contribution in [0.15, 0.2) is 42.9 Å². The molecule has 202 valence electrons. The molecule has 0 saturated carbocycles. The van der Waals surface area contributed by atoms with Crippen molar-refractivity contribution >= 4 is 34.8 Å². The molecule has 4 aromatic rings. The Morgan fingerprint density at radius 1 is 1.13 bits per heavy atom. The van der Waals surface area contributed by atoms with Gasteiger partial charge in [-0.2, -0.15) is 13.2 Å². The Labute approximate surface area is 226 Å². The summed E-state index contributed by atoms with van der Waals surface area (Å²) in [6.45, 7) is 3.86. The van der Waals surface area contributed by atoms with Gasteiger partial charge >= 0.3 is 6.18 Å². The quantitative estimate of drug-likeness (QED) is 0.388. The third-order valence-electron chi connectivity index (χ3n) is 7.13. The first kappa shape index (κ1) is 25.5. The lowest BCUT2D eigenvalue weighted by atomic mass is 9.77. The molecule has 1 unspecified atom stereocenters. The number of carbonyl (C=O) groups excluding carboxylic acids is 1. The van der Waals surface area contributed by atoms with E-state index in [4.69, 9.17) is 21.3 Å². The van der Waals surface area contributed by atoms with Gasteiger partial charge in [-0.05, 0) is 24.6 Å². The molecule has 2 aliphatic heterocycles. The summed E-state index contributed by atoms with van der Waals surface area (Å²) in [6.07, 6.45) is -0.966. The Bertz CT molecular complexity index is 1570. The summed E-state index contributed by atoms with van der Waals surface area (Å²) >= 11 is 6.11. The summed E-state index contributed by atoms with van der Waals surface area (Å²) in [6, 6.07) is 7.05. The summed E-state index contributed by atoms with van der Waals surface area (Å²) in [4.78, 5) is 33.8. The number of fused-ring (bicyclic) bond motifs is 2. The fourth-order valence-electron chi connectivity index (χ4n) is 5.06. The van der Waals surface area contributed by atoms with E-state index >= 15 is 0 Å². The number of rotatable bonds is 5. The van der Waals surface area contributed by atoms with Gasteiger partial charge in [0, 0.05) is 49.5 Å². The van der Waals surface area contributed by atoms with Crippen LogP contribution in [0.1, 0.15) is 30.2 Å². The van der Waals surface area contributed by atoms with Gasteiger partial charge in [0.25, 0.3) is 0 Å². The lowest BCUT2D eigenvalue weighted by Gasteiger charge is -2.32. The minimum Gasteiger partial charge on any atom is -0.378 e. The summed E-state index contributed by atoms with van der Waals surface area (Å²) in [5.74, 6) is 0.774. The minimum atomic E-state index is -4.34. The number of alkyl halides is 3. The number of nitrogens with one attached hydrogen (secondary N) is 1. The van der Waals surface area contributed by atoms with Crippen molar-refractivity contribution in [3.05, 3.63) is 64.7 Å². The number of imidazole rings is 1. The second-order valence-corrected chi connectivity index (χ2v) is 10.1. The molecule has 1 saturated heterocycles. The largest absolute Gasteiger partial charge is 0.389 e. The lowest BCUT2D eigenvalue weighted by molar-refractivity contribution is -0.134.